The molecule has 9 nitrogen and oxygen atoms in total. The molecule has 2 aromatic carbocycles. The summed E-state index contributed by atoms with van der Waals surface area (Å²) >= 11 is 3.13. The average molecular weight is 432 g/mol. The summed E-state index contributed by atoms with van der Waals surface area (Å²) in [7, 11) is 0. The number of imide groups is 2. The lowest BCUT2D eigenvalue weighted by Gasteiger charge is -2.26. The van der Waals surface area contributed by atoms with Crippen molar-refractivity contribution in [2.24, 2.45) is 0 Å². The number of amides is 4. The number of nitrogens with one attached hydrogen (secondary N) is 1. The van der Waals surface area contributed by atoms with Crippen molar-refractivity contribution in [2.45, 2.75) is 0 Å². The van der Waals surface area contributed by atoms with Gasteiger partial charge in [-0.05, 0) is 51.8 Å². The summed E-state index contributed by atoms with van der Waals surface area (Å²) in [6.07, 6.45) is 1.27. The molecule has 136 valence electrons. The van der Waals surface area contributed by atoms with Crippen LogP contribution in [0.3, 0.4) is 0 Å². The first-order chi connectivity index (χ1) is 12.8. The quantitative estimate of drug-likeness (QED) is 0.332. The van der Waals surface area contributed by atoms with E-state index in [2.05, 4.69) is 21.2 Å². The third-order valence-electron chi connectivity index (χ3n) is 3.70. The molecule has 1 aliphatic rings. The second kappa shape index (κ2) is 7.00. The molecule has 0 aromatic heterocycles. The zero-order valence-electron chi connectivity index (χ0n) is 13.4. The average Bonchev–Trinajstić information content (AvgIpc) is 2.62. The van der Waals surface area contributed by atoms with Gasteiger partial charge >= 0.3 is 6.03 Å². The van der Waals surface area contributed by atoms with Crippen molar-refractivity contribution in [1.29, 1.82) is 0 Å². The van der Waals surface area contributed by atoms with Crippen LogP contribution in [0.4, 0.5) is 16.2 Å². The molecule has 0 unspecified atom stereocenters. The van der Waals surface area contributed by atoms with Crippen LogP contribution in [0.1, 0.15) is 5.56 Å². The van der Waals surface area contributed by atoms with Crippen molar-refractivity contribution in [3.05, 3.63) is 68.2 Å². The highest BCUT2D eigenvalue weighted by Crippen LogP contribution is 2.27. The third-order valence-corrected chi connectivity index (χ3v) is 4.34. The molecule has 0 aliphatic carbocycles. The van der Waals surface area contributed by atoms with Gasteiger partial charge in [0.1, 0.15) is 11.3 Å². The van der Waals surface area contributed by atoms with E-state index >= 15 is 0 Å². The van der Waals surface area contributed by atoms with Gasteiger partial charge in [-0.1, -0.05) is 6.07 Å². The minimum atomic E-state index is -0.956. The Morgan fingerprint density at radius 2 is 1.78 bits per heavy atom. The zero-order valence-corrected chi connectivity index (χ0v) is 15.0. The van der Waals surface area contributed by atoms with Crippen LogP contribution in [0, 0.1) is 10.1 Å². The number of nitrogens with zero attached hydrogens (tertiary/aromatic N) is 2. The molecule has 10 heteroatoms. The number of nitro groups is 1. The summed E-state index contributed by atoms with van der Waals surface area (Å²) in [5, 5.41) is 22.3. The molecular formula is C17H10BrN3O6. The van der Waals surface area contributed by atoms with Crippen molar-refractivity contribution in [3.8, 4) is 5.75 Å². The number of rotatable bonds is 3. The Hall–Kier alpha value is -3.53. The number of barbiturate groups is 1. The highest BCUT2D eigenvalue weighted by molar-refractivity contribution is 9.10. The van der Waals surface area contributed by atoms with Crippen LogP contribution in [0.15, 0.2) is 52.5 Å². The summed E-state index contributed by atoms with van der Waals surface area (Å²) in [5.41, 5.74) is 0.0134. The molecule has 2 aromatic rings. The number of hydrogen-bond acceptors (Lipinski definition) is 6. The molecule has 1 heterocycles. The second-order valence-corrected chi connectivity index (χ2v) is 6.30. The molecule has 1 saturated heterocycles. The van der Waals surface area contributed by atoms with E-state index in [0.717, 1.165) is 12.1 Å². The fourth-order valence-electron chi connectivity index (χ4n) is 2.39. The topological polar surface area (TPSA) is 130 Å². The van der Waals surface area contributed by atoms with Gasteiger partial charge in [0.05, 0.1) is 15.1 Å². The fourth-order valence-corrected chi connectivity index (χ4v) is 2.79. The first-order valence-corrected chi connectivity index (χ1v) is 8.21. The molecule has 1 fully saturated rings. The molecule has 27 heavy (non-hydrogen) atoms. The molecule has 0 bridgehead atoms. The normalized spacial score (nSPS) is 15.8. The van der Waals surface area contributed by atoms with Gasteiger partial charge in [-0.2, -0.15) is 0 Å². The Morgan fingerprint density at radius 3 is 2.37 bits per heavy atom. The SMILES string of the molecule is O=C1NC(=O)N(c2ccc([N+](=O)[O-])cc2)C(=O)C1=Cc1ccc(O)c(Br)c1. The highest BCUT2D eigenvalue weighted by atomic mass is 79.9. The number of nitro benzene ring substituents is 1. The Bertz CT molecular complexity index is 1020. The van der Waals surface area contributed by atoms with E-state index in [9.17, 15) is 29.6 Å². The van der Waals surface area contributed by atoms with Crippen LogP contribution < -0.4 is 10.2 Å². The van der Waals surface area contributed by atoms with Crippen molar-refractivity contribution >= 4 is 51.2 Å². The molecule has 0 saturated carbocycles. The van der Waals surface area contributed by atoms with Crippen LogP contribution in [-0.2, 0) is 9.59 Å². The molecule has 2 N–H and O–H groups in total. The van der Waals surface area contributed by atoms with E-state index in [-0.39, 0.29) is 22.7 Å². The predicted molar refractivity (Wildman–Crippen MR) is 97.9 cm³/mol. The molecule has 0 radical (unpaired) electrons. The maximum Gasteiger partial charge on any atom is 0.335 e. The van der Waals surface area contributed by atoms with Crippen molar-refractivity contribution in [1.82, 2.24) is 5.32 Å². The second-order valence-electron chi connectivity index (χ2n) is 5.44. The van der Waals surface area contributed by atoms with Gasteiger partial charge in [0.2, 0.25) is 0 Å². The van der Waals surface area contributed by atoms with Crippen molar-refractivity contribution < 1.29 is 24.4 Å². The Labute approximate surface area is 160 Å². The molecular weight excluding hydrogens is 422 g/mol. The minimum Gasteiger partial charge on any atom is -0.507 e. The maximum absolute atomic E-state index is 12.7. The van der Waals surface area contributed by atoms with E-state index < -0.39 is 22.8 Å². The van der Waals surface area contributed by atoms with Crippen LogP contribution in [0.5, 0.6) is 5.75 Å². The number of anilines is 1. The number of non-ortho nitro benzene ring substituents is 1. The van der Waals surface area contributed by atoms with Crippen LogP contribution in [-0.4, -0.2) is 27.9 Å². The van der Waals surface area contributed by atoms with Crippen molar-refractivity contribution in [2.75, 3.05) is 4.90 Å². The molecule has 3 rings (SSSR count). The summed E-state index contributed by atoms with van der Waals surface area (Å²) < 4.78 is 0.365. The number of hydrogen-bond donors (Lipinski definition) is 2. The van der Waals surface area contributed by atoms with Crippen LogP contribution in [0.2, 0.25) is 0 Å². The predicted octanol–water partition coefficient (Wildman–Crippen LogP) is 2.73. The van der Waals surface area contributed by atoms with E-state index in [0.29, 0.717) is 14.9 Å². The van der Waals surface area contributed by atoms with E-state index in [1.54, 1.807) is 0 Å². The number of halogens is 1. The first kappa shape index (κ1) is 18.3. The summed E-state index contributed by atoms with van der Waals surface area (Å²) in [4.78, 5) is 47.7. The Morgan fingerprint density at radius 1 is 1.11 bits per heavy atom. The summed E-state index contributed by atoms with van der Waals surface area (Å²) in [6, 6.07) is 8.17. The molecule has 0 atom stereocenters. The number of carbonyl (C=O) groups excluding carboxylic acids is 3. The van der Waals surface area contributed by atoms with Gasteiger partial charge in [-0.15, -0.1) is 0 Å². The van der Waals surface area contributed by atoms with Gasteiger partial charge in [0, 0.05) is 12.1 Å². The minimum absolute atomic E-state index is 0.0146. The van der Waals surface area contributed by atoms with E-state index in [1.165, 1.54) is 36.4 Å². The first-order valence-electron chi connectivity index (χ1n) is 7.42. The van der Waals surface area contributed by atoms with E-state index in [1.807, 2.05) is 0 Å². The number of phenols is 1. The molecule has 4 amide bonds. The third kappa shape index (κ3) is 3.55. The summed E-state index contributed by atoms with van der Waals surface area (Å²) in [5.74, 6) is -1.76. The number of urea groups is 1. The maximum atomic E-state index is 12.7. The lowest BCUT2D eigenvalue weighted by Crippen LogP contribution is -2.54. The standard InChI is InChI=1S/C17H10BrN3O6/c18-13-8-9(1-6-14(13)22)7-12-15(23)19-17(25)20(16(12)24)10-2-4-11(5-3-10)21(26)27/h1-8,22H,(H,19,23,25). The highest BCUT2D eigenvalue weighted by Gasteiger charge is 2.36. The van der Waals surface area contributed by atoms with Crippen molar-refractivity contribution in [3.63, 3.8) is 0 Å². The number of benzene rings is 2. The van der Waals surface area contributed by atoms with E-state index in [4.69, 9.17) is 0 Å². The smallest absolute Gasteiger partial charge is 0.335 e. The monoisotopic (exact) mass is 431 g/mol. The van der Waals surface area contributed by atoms with Crippen LogP contribution in [0.25, 0.3) is 6.08 Å². The lowest BCUT2D eigenvalue weighted by molar-refractivity contribution is -0.384. The zero-order chi connectivity index (χ0) is 19.7. The largest absolute Gasteiger partial charge is 0.507 e. The fraction of sp³-hybridized carbons (Fsp3) is 0. The number of aromatic hydroxyl groups is 1. The van der Waals surface area contributed by atoms with Gasteiger partial charge in [-0.3, -0.25) is 25.0 Å². The number of phenolic OH excluding ortho intramolecular Hbond substituents is 1. The van der Waals surface area contributed by atoms with Gasteiger partial charge < -0.3 is 5.11 Å². The Balaban J connectivity index is 1.99. The van der Waals surface area contributed by atoms with Gasteiger partial charge in [0.25, 0.3) is 17.5 Å². The Kier molecular flexibility index (Phi) is 4.74. The van der Waals surface area contributed by atoms with Gasteiger partial charge in [-0.25, -0.2) is 9.69 Å². The van der Waals surface area contributed by atoms with Gasteiger partial charge in [0.15, 0.2) is 0 Å². The summed E-state index contributed by atoms with van der Waals surface area (Å²) in [6.45, 7) is 0. The molecule has 1 aliphatic heterocycles. The lowest BCUT2D eigenvalue weighted by atomic mass is 10.1. The van der Waals surface area contributed by atoms with Crippen LogP contribution >= 0.6 is 15.9 Å². The molecule has 0 spiro atoms. The number of carbonyl (C=O) groups is 3.